The smallest absolute Gasteiger partial charge is 0.00385 e. The Morgan fingerprint density at radius 3 is 1.70 bits per heavy atom. The maximum atomic E-state index is 2.72. The van der Waals surface area contributed by atoms with E-state index in [2.05, 4.69) is 37.5 Å². The van der Waals surface area contributed by atoms with Gasteiger partial charge in [0, 0.05) is 6.04 Å². The van der Waals surface area contributed by atoms with Crippen LogP contribution in [-0.4, -0.2) is 48.6 Å². The second-order valence-corrected chi connectivity index (χ2v) is 8.18. The number of piperidine rings is 2. The van der Waals surface area contributed by atoms with Crippen LogP contribution < -0.4 is 0 Å². The van der Waals surface area contributed by atoms with Crippen LogP contribution in [0.15, 0.2) is 0 Å². The van der Waals surface area contributed by atoms with Gasteiger partial charge in [-0.1, -0.05) is 27.7 Å². The number of hydrogen-bond acceptors (Lipinski definition) is 2. The van der Waals surface area contributed by atoms with Crippen molar-refractivity contribution in [3.05, 3.63) is 0 Å². The molecule has 2 rings (SSSR count). The molecular formula is C21H44N2. The quantitative estimate of drug-likeness (QED) is 0.655. The molecular weight excluding hydrogens is 280 g/mol. The molecule has 0 radical (unpaired) electrons. The van der Waals surface area contributed by atoms with Crippen LogP contribution in [0.1, 0.15) is 80.1 Å². The third-order valence-corrected chi connectivity index (χ3v) is 5.86. The zero-order valence-electron chi connectivity index (χ0n) is 17.0. The van der Waals surface area contributed by atoms with E-state index in [0.29, 0.717) is 0 Å². The molecule has 0 N–H and O–H groups in total. The molecule has 0 spiro atoms. The summed E-state index contributed by atoms with van der Waals surface area (Å²) in [5, 5.41) is 0. The van der Waals surface area contributed by atoms with Crippen molar-refractivity contribution in [1.29, 1.82) is 0 Å². The Bertz CT molecular complexity index is 272. The number of hydrogen-bond donors (Lipinski definition) is 0. The topological polar surface area (TPSA) is 6.48 Å². The normalized spacial score (nSPS) is 22.4. The molecule has 138 valence electrons. The lowest BCUT2D eigenvalue weighted by molar-refractivity contribution is 0.0831. The van der Waals surface area contributed by atoms with Gasteiger partial charge in [-0.25, -0.2) is 0 Å². The average Bonchev–Trinajstić information content (AvgIpc) is 2.57. The zero-order chi connectivity index (χ0) is 17.2. The van der Waals surface area contributed by atoms with E-state index in [1.807, 2.05) is 13.8 Å². The van der Waals surface area contributed by atoms with Crippen LogP contribution in [0.3, 0.4) is 0 Å². The van der Waals surface area contributed by atoms with E-state index in [4.69, 9.17) is 0 Å². The molecule has 0 bridgehead atoms. The third kappa shape index (κ3) is 7.56. The standard InChI is InChI=1S/C19H38N2.C2H6/c1-16(2)6-5-11-20-12-7-18(8-13-20)19-9-14-21(15-10-19)17(3)4;1-2/h16-19H,5-15H2,1-4H3;1-2H3. The molecule has 0 aromatic heterocycles. The van der Waals surface area contributed by atoms with E-state index in [1.165, 1.54) is 71.2 Å². The van der Waals surface area contributed by atoms with Gasteiger partial charge in [0.25, 0.3) is 0 Å². The summed E-state index contributed by atoms with van der Waals surface area (Å²) in [4.78, 5) is 5.39. The number of nitrogens with zero attached hydrogens (tertiary/aromatic N) is 2. The molecule has 2 nitrogen and oxygen atoms in total. The fraction of sp³-hybridized carbons (Fsp3) is 1.00. The van der Waals surface area contributed by atoms with E-state index in [1.54, 1.807) is 0 Å². The zero-order valence-corrected chi connectivity index (χ0v) is 17.0. The summed E-state index contributed by atoms with van der Waals surface area (Å²) < 4.78 is 0. The summed E-state index contributed by atoms with van der Waals surface area (Å²) in [6.07, 6.45) is 8.64. The van der Waals surface area contributed by atoms with Crippen molar-refractivity contribution in [1.82, 2.24) is 9.80 Å². The Balaban J connectivity index is 0.00000127. The molecule has 2 aliphatic heterocycles. The highest BCUT2D eigenvalue weighted by Gasteiger charge is 2.29. The largest absolute Gasteiger partial charge is 0.303 e. The first-order valence-electron chi connectivity index (χ1n) is 10.5. The lowest BCUT2D eigenvalue weighted by atomic mass is 9.78. The van der Waals surface area contributed by atoms with E-state index < -0.39 is 0 Å². The second-order valence-electron chi connectivity index (χ2n) is 8.18. The fourth-order valence-electron chi connectivity index (χ4n) is 4.28. The molecule has 2 aliphatic rings. The summed E-state index contributed by atoms with van der Waals surface area (Å²) in [5.41, 5.74) is 0. The maximum absolute atomic E-state index is 2.72. The van der Waals surface area contributed by atoms with E-state index in [-0.39, 0.29) is 0 Å². The van der Waals surface area contributed by atoms with Gasteiger partial charge < -0.3 is 9.80 Å². The summed E-state index contributed by atoms with van der Waals surface area (Å²) in [6.45, 7) is 20.1. The molecule has 23 heavy (non-hydrogen) atoms. The molecule has 0 saturated carbocycles. The van der Waals surface area contributed by atoms with Gasteiger partial charge in [-0.3, -0.25) is 0 Å². The fourth-order valence-corrected chi connectivity index (χ4v) is 4.28. The van der Waals surface area contributed by atoms with Gasteiger partial charge in [0.2, 0.25) is 0 Å². The van der Waals surface area contributed by atoms with Crippen LogP contribution in [0.5, 0.6) is 0 Å². The predicted octanol–water partition coefficient (Wildman–Crippen LogP) is 5.28. The first kappa shape index (κ1) is 21.0. The Morgan fingerprint density at radius 1 is 0.783 bits per heavy atom. The highest BCUT2D eigenvalue weighted by atomic mass is 15.2. The predicted molar refractivity (Wildman–Crippen MR) is 104 cm³/mol. The van der Waals surface area contributed by atoms with Gasteiger partial charge in [-0.15, -0.1) is 0 Å². The van der Waals surface area contributed by atoms with Crippen molar-refractivity contribution >= 4 is 0 Å². The Hall–Kier alpha value is -0.0800. The molecule has 0 aliphatic carbocycles. The minimum atomic E-state index is 0.744. The molecule has 0 aromatic carbocycles. The Labute approximate surface area is 147 Å². The summed E-state index contributed by atoms with van der Waals surface area (Å²) in [7, 11) is 0. The molecule has 2 saturated heterocycles. The van der Waals surface area contributed by atoms with Gasteiger partial charge in [0.05, 0.1) is 0 Å². The number of rotatable bonds is 6. The number of likely N-dealkylation sites (tertiary alicyclic amines) is 2. The van der Waals surface area contributed by atoms with E-state index in [0.717, 1.165) is 23.8 Å². The van der Waals surface area contributed by atoms with Crippen molar-refractivity contribution in [3.8, 4) is 0 Å². The molecule has 0 atom stereocenters. The molecule has 2 heterocycles. The Kier molecular flexibility index (Phi) is 10.5. The van der Waals surface area contributed by atoms with Gasteiger partial charge in [0.15, 0.2) is 0 Å². The van der Waals surface area contributed by atoms with Crippen molar-refractivity contribution in [2.75, 3.05) is 32.7 Å². The van der Waals surface area contributed by atoms with Crippen LogP contribution in [0.4, 0.5) is 0 Å². The lowest BCUT2D eigenvalue weighted by Gasteiger charge is -2.41. The van der Waals surface area contributed by atoms with Crippen molar-refractivity contribution in [3.63, 3.8) is 0 Å². The summed E-state index contributed by atoms with van der Waals surface area (Å²) >= 11 is 0. The van der Waals surface area contributed by atoms with Crippen LogP contribution >= 0.6 is 0 Å². The Morgan fingerprint density at radius 2 is 1.26 bits per heavy atom. The highest BCUT2D eigenvalue weighted by Crippen LogP contribution is 2.33. The first-order chi connectivity index (χ1) is 11.1. The van der Waals surface area contributed by atoms with Gasteiger partial charge in [-0.05, 0) is 103 Å². The van der Waals surface area contributed by atoms with Gasteiger partial charge >= 0.3 is 0 Å². The van der Waals surface area contributed by atoms with Gasteiger partial charge in [0.1, 0.15) is 0 Å². The summed E-state index contributed by atoms with van der Waals surface area (Å²) in [6, 6.07) is 0.744. The van der Waals surface area contributed by atoms with Crippen LogP contribution in [-0.2, 0) is 0 Å². The molecule has 0 aromatic rings. The minimum absolute atomic E-state index is 0.744. The van der Waals surface area contributed by atoms with Crippen LogP contribution in [0.25, 0.3) is 0 Å². The molecule has 2 heteroatoms. The molecule has 0 amide bonds. The van der Waals surface area contributed by atoms with Crippen LogP contribution in [0.2, 0.25) is 0 Å². The maximum Gasteiger partial charge on any atom is 0.00385 e. The van der Waals surface area contributed by atoms with Crippen molar-refractivity contribution in [2.45, 2.75) is 86.1 Å². The lowest BCUT2D eigenvalue weighted by Crippen LogP contribution is -2.43. The summed E-state index contributed by atoms with van der Waals surface area (Å²) in [5.74, 6) is 2.92. The van der Waals surface area contributed by atoms with E-state index in [9.17, 15) is 0 Å². The SMILES string of the molecule is CC.CC(C)CCCN1CCC(C2CCN(C(C)C)CC2)CC1. The average molecular weight is 325 g/mol. The molecule has 0 unspecified atom stereocenters. The van der Waals surface area contributed by atoms with E-state index >= 15 is 0 Å². The highest BCUT2D eigenvalue weighted by molar-refractivity contribution is 4.83. The second kappa shape index (κ2) is 11.5. The molecule has 2 fully saturated rings. The monoisotopic (exact) mass is 324 g/mol. The van der Waals surface area contributed by atoms with Crippen LogP contribution in [0, 0.1) is 17.8 Å². The van der Waals surface area contributed by atoms with Gasteiger partial charge in [-0.2, -0.15) is 0 Å². The third-order valence-electron chi connectivity index (χ3n) is 5.86. The first-order valence-corrected chi connectivity index (χ1v) is 10.5. The van der Waals surface area contributed by atoms with Crippen molar-refractivity contribution in [2.24, 2.45) is 17.8 Å². The van der Waals surface area contributed by atoms with Crippen molar-refractivity contribution < 1.29 is 0 Å². The minimum Gasteiger partial charge on any atom is -0.303 e.